The van der Waals surface area contributed by atoms with Crippen LogP contribution in [0.2, 0.25) is 5.02 Å². The highest BCUT2D eigenvalue weighted by Gasteiger charge is 2.17. The normalized spacial score (nSPS) is 11.0. The molecular formula is C31H48ClN2O2+. The zero-order valence-electron chi connectivity index (χ0n) is 22.9. The number of carbonyl (C=O) groups is 1. The Labute approximate surface area is 225 Å². The summed E-state index contributed by atoms with van der Waals surface area (Å²) in [5.41, 5.74) is 2.12. The molecule has 0 N–H and O–H groups in total. The maximum absolute atomic E-state index is 12.3. The number of rotatable bonds is 19. The van der Waals surface area contributed by atoms with Gasteiger partial charge in [-0.3, -0.25) is 4.79 Å². The molecule has 200 valence electrons. The van der Waals surface area contributed by atoms with Crippen molar-refractivity contribution >= 4 is 17.5 Å². The highest BCUT2D eigenvalue weighted by Crippen LogP contribution is 2.26. The third-order valence-electron chi connectivity index (χ3n) is 6.80. The second-order valence-corrected chi connectivity index (χ2v) is 10.3. The number of ether oxygens (including phenoxy) is 1. The molecule has 1 aromatic carbocycles. The zero-order chi connectivity index (χ0) is 26.0. The molecule has 0 saturated heterocycles. The first-order chi connectivity index (χ1) is 17.5. The lowest BCUT2D eigenvalue weighted by atomic mass is 10.1. The summed E-state index contributed by atoms with van der Waals surface area (Å²) in [4.78, 5) is 14.2. The van der Waals surface area contributed by atoms with Crippen LogP contribution in [0.25, 0.3) is 0 Å². The molecule has 0 aliphatic carbocycles. The molecule has 1 aromatic heterocycles. The summed E-state index contributed by atoms with van der Waals surface area (Å²) in [6, 6.07) is 12.0. The molecular weight excluding hydrogens is 468 g/mol. The van der Waals surface area contributed by atoms with Gasteiger partial charge < -0.3 is 9.64 Å². The minimum absolute atomic E-state index is 0.0462. The van der Waals surface area contributed by atoms with Gasteiger partial charge in [0.25, 0.3) is 0 Å². The van der Waals surface area contributed by atoms with Crippen LogP contribution < -0.4 is 9.30 Å². The van der Waals surface area contributed by atoms with Gasteiger partial charge >= 0.3 is 0 Å². The number of carbonyl (C=O) groups excluding carboxylic acids is 1. The summed E-state index contributed by atoms with van der Waals surface area (Å²) >= 11 is 6.52. The molecule has 0 spiro atoms. The van der Waals surface area contributed by atoms with Gasteiger partial charge in [-0.2, -0.15) is 0 Å². The second kappa shape index (κ2) is 18.2. The van der Waals surface area contributed by atoms with E-state index in [0.29, 0.717) is 24.7 Å². The third-order valence-corrected chi connectivity index (χ3v) is 7.09. The number of nitrogens with zero attached hydrogens (tertiary/aromatic N) is 2. The topological polar surface area (TPSA) is 33.4 Å². The van der Waals surface area contributed by atoms with Gasteiger partial charge in [0.1, 0.15) is 18.8 Å². The van der Waals surface area contributed by atoms with Crippen molar-refractivity contribution in [2.45, 2.75) is 117 Å². The first-order valence-corrected chi connectivity index (χ1v) is 14.6. The van der Waals surface area contributed by atoms with Gasteiger partial charge in [0.05, 0.1) is 11.6 Å². The quantitative estimate of drug-likeness (QED) is 0.139. The molecule has 0 aliphatic heterocycles. The summed E-state index contributed by atoms with van der Waals surface area (Å²) in [6.45, 7) is 8.66. The Bertz CT molecular complexity index is 887. The summed E-state index contributed by atoms with van der Waals surface area (Å²) < 4.78 is 8.11. The van der Waals surface area contributed by atoms with Gasteiger partial charge in [0.2, 0.25) is 11.6 Å². The zero-order valence-corrected chi connectivity index (χ0v) is 23.7. The Hall–Kier alpha value is -2.07. The molecule has 2 aromatic rings. The molecule has 0 radical (unpaired) electrons. The molecule has 4 nitrogen and oxygen atoms in total. The van der Waals surface area contributed by atoms with Crippen molar-refractivity contribution in [3.63, 3.8) is 0 Å². The SMILES string of the molecule is CCCCCCCCCCCCCCOc1ccc(CN(Cc2cccc[n+]2CC)C(C)=O)cc1Cl. The first kappa shape index (κ1) is 30.2. The van der Waals surface area contributed by atoms with Gasteiger partial charge in [-0.1, -0.05) is 101 Å². The number of pyridine rings is 1. The van der Waals surface area contributed by atoms with Gasteiger partial charge in [-0.15, -0.1) is 0 Å². The number of hydrogen-bond acceptors (Lipinski definition) is 2. The van der Waals surface area contributed by atoms with E-state index in [1.807, 2.05) is 41.4 Å². The molecule has 0 bridgehead atoms. The molecule has 5 heteroatoms. The second-order valence-electron chi connectivity index (χ2n) is 9.86. The Morgan fingerprint density at radius 3 is 2.08 bits per heavy atom. The number of hydrogen-bond donors (Lipinski definition) is 0. The van der Waals surface area contributed by atoms with Crippen molar-refractivity contribution in [3.05, 3.63) is 58.9 Å². The van der Waals surface area contributed by atoms with Gasteiger partial charge in [-0.25, -0.2) is 4.57 Å². The number of amides is 1. The average Bonchev–Trinajstić information content (AvgIpc) is 2.87. The van der Waals surface area contributed by atoms with Crippen molar-refractivity contribution in [1.29, 1.82) is 0 Å². The number of aromatic nitrogens is 1. The molecule has 0 saturated carbocycles. The van der Waals surface area contributed by atoms with Crippen LogP contribution >= 0.6 is 11.6 Å². The van der Waals surface area contributed by atoms with Crippen LogP contribution in [0.15, 0.2) is 42.6 Å². The van der Waals surface area contributed by atoms with Crippen molar-refractivity contribution in [2.75, 3.05) is 6.61 Å². The molecule has 0 aliphatic rings. The maximum Gasteiger partial charge on any atom is 0.220 e. The monoisotopic (exact) mass is 515 g/mol. The van der Waals surface area contributed by atoms with E-state index in [0.717, 1.165) is 30.0 Å². The number of unbranched alkanes of at least 4 members (excludes halogenated alkanes) is 11. The lowest BCUT2D eigenvalue weighted by Crippen LogP contribution is -2.40. The summed E-state index contributed by atoms with van der Waals surface area (Å²) in [7, 11) is 0. The Balaban J connectivity index is 1.67. The van der Waals surface area contributed by atoms with Crippen LogP contribution in [-0.4, -0.2) is 17.4 Å². The highest BCUT2D eigenvalue weighted by atomic mass is 35.5. The molecule has 0 atom stereocenters. The van der Waals surface area contributed by atoms with Crippen molar-refractivity contribution in [1.82, 2.24) is 4.90 Å². The molecule has 1 amide bonds. The molecule has 1 heterocycles. The Morgan fingerprint density at radius 1 is 0.861 bits per heavy atom. The van der Waals surface area contributed by atoms with Crippen molar-refractivity contribution in [3.8, 4) is 5.75 Å². The molecule has 0 fully saturated rings. The Morgan fingerprint density at radius 2 is 1.50 bits per heavy atom. The van der Waals surface area contributed by atoms with Gasteiger partial charge in [0, 0.05) is 25.6 Å². The molecule has 36 heavy (non-hydrogen) atoms. The Kier molecular flexibility index (Phi) is 15.3. The smallest absolute Gasteiger partial charge is 0.220 e. The van der Waals surface area contributed by atoms with E-state index < -0.39 is 0 Å². The van der Waals surface area contributed by atoms with Gasteiger partial charge in [0.15, 0.2) is 6.20 Å². The largest absolute Gasteiger partial charge is 0.492 e. The minimum atomic E-state index is 0.0462. The van der Waals surface area contributed by atoms with Crippen molar-refractivity contribution < 1.29 is 14.1 Å². The summed E-state index contributed by atoms with van der Waals surface area (Å²) in [5.74, 6) is 0.773. The van der Waals surface area contributed by atoms with E-state index in [-0.39, 0.29) is 5.91 Å². The van der Waals surface area contributed by atoms with Crippen LogP contribution in [0.3, 0.4) is 0 Å². The van der Waals surface area contributed by atoms with E-state index >= 15 is 0 Å². The summed E-state index contributed by atoms with van der Waals surface area (Å²) in [6.07, 6.45) is 18.0. The number of benzene rings is 1. The summed E-state index contributed by atoms with van der Waals surface area (Å²) in [5, 5.41) is 0.610. The first-order valence-electron chi connectivity index (χ1n) is 14.2. The lowest BCUT2D eigenvalue weighted by molar-refractivity contribution is -0.701. The van der Waals surface area contributed by atoms with Crippen LogP contribution in [0.4, 0.5) is 0 Å². The van der Waals surface area contributed by atoms with Gasteiger partial charge in [-0.05, 0) is 31.0 Å². The predicted molar refractivity (Wildman–Crippen MR) is 150 cm³/mol. The maximum atomic E-state index is 12.3. The van der Waals surface area contributed by atoms with Crippen molar-refractivity contribution in [2.24, 2.45) is 0 Å². The minimum Gasteiger partial charge on any atom is -0.492 e. The van der Waals surface area contributed by atoms with Crippen LogP contribution in [0.5, 0.6) is 5.75 Å². The number of aryl methyl sites for hydroxylation is 1. The fourth-order valence-electron chi connectivity index (χ4n) is 4.54. The van der Waals surface area contributed by atoms with Crippen LogP contribution in [0, 0.1) is 0 Å². The van der Waals surface area contributed by atoms with E-state index in [1.165, 1.54) is 70.6 Å². The fourth-order valence-corrected chi connectivity index (χ4v) is 4.80. The average molecular weight is 516 g/mol. The fraction of sp³-hybridized carbons (Fsp3) is 0.613. The molecule has 0 unspecified atom stereocenters. The third kappa shape index (κ3) is 11.8. The predicted octanol–water partition coefficient (Wildman–Crippen LogP) is 8.28. The highest BCUT2D eigenvalue weighted by molar-refractivity contribution is 6.32. The van der Waals surface area contributed by atoms with E-state index in [4.69, 9.17) is 16.3 Å². The van der Waals surface area contributed by atoms with Crippen LogP contribution in [-0.2, 0) is 24.4 Å². The van der Waals surface area contributed by atoms with Crippen LogP contribution in [0.1, 0.15) is 109 Å². The lowest BCUT2D eigenvalue weighted by Gasteiger charge is -2.20. The van der Waals surface area contributed by atoms with E-state index in [9.17, 15) is 4.79 Å². The number of halogens is 1. The standard InChI is InChI=1S/C31H48ClN2O2/c1-4-6-7-8-9-10-11-12-13-14-15-18-23-36-31-21-20-28(24-30(31)32)25-34(27(3)35)26-29-19-16-17-22-33(29)5-2/h16-17,19-22,24H,4-15,18,23,25-26H2,1-3H3/q+1. The van der Waals surface area contributed by atoms with E-state index in [1.54, 1.807) is 6.92 Å². The van der Waals surface area contributed by atoms with E-state index in [2.05, 4.69) is 24.5 Å². The molecule has 2 rings (SSSR count).